The Morgan fingerprint density at radius 1 is 1.50 bits per heavy atom. The lowest BCUT2D eigenvalue weighted by Crippen LogP contribution is -2.34. The molecule has 1 heterocycles. The Labute approximate surface area is 102 Å². The fraction of sp³-hybridized carbons (Fsp3) is 0.182. The minimum absolute atomic E-state index is 0.268. The first-order chi connectivity index (χ1) is 8.56. The van der Waals surface area contributed by atoms with Crippen LogP contribution in [-0.2, 0) is 9.59 Å². The molecular weight excluding hydrogens is 236 g/mol. The van der Waals surface area contributed by atoms with Crippen LogP contribution >= 0.6 is 0 Å². The molecule has 0 aliphatic heterocycles. The van der Waals surface area contributed by atoms with Crippen molar-refractivity contribution >= 4 is 28.6 Å². The van der Waals surface area contributed by atoms with E-state index in [0.29, 0.717) is 5.69 Å². The molecular formula is C11H12N4O3. The summed E-state index contributed by atoms with van der Waals surface area (Å²) in [5.74, 6) is -1.64. The van der Waals surface area contributed by atoms with Gasteiger partial charge in [0.2, 0.25) is 5.91 Å². The number of carbonyl (C=O) groups is 2. The maximum absolute atomic E-state index is 11.5. The molecule has 0 bridgehead atoms. The maximum atomic E-state index is 11.5. The number of hydrogen-bond donors (Lipinski definition) is 4. The number of amides is 1. The van der Waals surface area contributed by atoms with Gasteiger partial charge >= 0.3 is 5.97 Å². The molecule has 0 saturated carbocycles. The minimum atomic E-state index is -1.20. The van der Waals surface area contributed by atoms with E-state index < -0.39 is 17.9 Å². The zero-order chi connectivity index (χ0) is 13.1. The topological polar surface area (TPSA) is 121 Å². The van der Waals surface area contributed by atoms with E-state index in [1.54, 1.807) is 24.5 Å². The van der Waals surface area contributed by atoms with E-state index in [2.05, 4.69) is 15.3 Å². The molecule has 0 aliphatic carbocycles. The molecule has 1 amide bonds. The number of nitrogens with two attached hydrogens (primary N) is 1. The van der Waals surface area contributed by atoms with Gasteiger partial charge in [0.15, 0.2) is 0 Å². The molecule has 1 atom stereocenters. The number of nitrogens with one attached hydrogen (secondary N) is 2. The monoisotopic (exact) mass is 248 g/mol. The van der Waals surface area contributed by atoms with Gasteiger partial charge in [-0.1, -0.05) is 0 Å². The van der Waals surface area contributed by atoms with E-state index in [0.717, 1.165) is 11.0 Å². The van der Waals surface area contributed by atoms with Crippen LogP contribution in [0.2, 0.25) is 0 Å². The lowest BCUT2D eigenvalue weighted by atomic mass is 10.2. The summed E-state index contributed by atoms with van der Waals surface area (Å²) in [7, 11) is 0. The lowest BCUT2D eigenvalue weighted by molar-refractivity contribution is -0.140. The summed E-state index contributed by atoms with van der Waals surface area (Å²) in [5, 5.41) is 11.2. The number of carboxylic acids is 1. The van der Waals surface area contributed by atoms with Gasteiger partial charge in [0, 0.05) is 5.69 Å². The van der Waals surface area contributed by atoms with Crippen LogP contribution < -0.4 is 11.1 Å². The lowest BCUT2D eigenvalue weighted by Gasteiger charge is -2.07. The van der Waals surface area contributed by atoms with Crippen molar-refractivity contribution in [1.82, 2.24) is 9.97 Å². The number of carboxylic acid groups (broad SMARTS) is 1. The molecule has 0 fully saturated rings. The first-order valence-electron chi connectivity index (χ1n) is 5.27. The summed E-state index contributed by atoms with van der Waals surface area (Å²) in [5.41, 5.74) is 7.41. The van der Waals surface area contributed by atoms with E-state index in [9.17, 15) is 9.59 Å². The predicted molar refractivity (Wildman–Crippen MR) is 65.0 cm³/mol. The second-order valence-corrected chi connectivity index (χ2v) is 3.83. The number of aliphatic carboxylic acids is 1. The van der Waals surface area contributed by atoms with Crippen LogP contribution in [0.5, 0.6) is 0 Å². The molecule has 1 aromatic carbocycles. The number of fused-ring (bicyclic) bond motifs is 1. The highest BCUT2D eigenvalue weighted by Crippen LogP contribution is 2.15. The van der Waals surface area contributed by atoms with Crippen molar-refractivity contribution in [3.05, 3.63) is 24.5 Å². The van der Waals surface area contributed by atoms with Crippen LogP contribution in [0.1, 0.15) is 6.42 Å². The molecule has 18 heavy (non-hydrogen) atoms. The predicted octanol–water partition coefficient (Wildman–Crippen LogP) is 0.303. The first kappa shape index (κ1) is 12.1. The molecule has 2 rings (SSSR count). The molecule has 0 radical (unpaired) electrons. The van der Waals surface area contributed by atoms with Gasteiger partial charge in [-0.15, -0.1) is 0 Å². The van der Waals surface area contributed by atoms with Crippen LogP contribution in [-0.4, -0.2) is 33.0 Å². The van der Waals surface area contributed by atoms with Gasteiger partial charge in [-0.2, -0.15) is 0 Å². The largest absolute Gasteiger partial charge is 0.480 e. The summed E-state index contributed by atoms with van der Waals surface area (Å²) in [6, 6.07) is 3.96. The molecule has 1 aromatic heterocycles. The highest BCUT2D eigenvalue weighted by molar-refractivity contribution is 5.95. The Morgan fingerprint density at radius 2 is 2.28 bits per heavy atom. The van der Waals surface area contributed by atoms with Crippen molar-refractivity contribution in [2.45, 2.75) is 12.5 Å². The van der Waals surface area contributed by atoms with Crippen LogP contribution in [0.3, 0.4) is 0 Å². The standard InChI is InChI=1S/C11H12N4O3/c12-7(11(17)18)4-10(16)15-6-1-2-8-9(3-6)14-5-13-8/h1-3,5,7H,4,12H2,(H,13,14)(H,15,16)(H,17,18). The minimum Gasteiger partial charge on any atom is -0.480 e. The summed E-state index contributed by atoms with van der Waals surface area (Å²) < 4.78 is 0. The van der Waals surface area contributed by atoms with Gasteiger partial charge in [0.05, 0.1) is 23.8 Å². The number of aromatic amines is 1. The first-order valence-corrected chi connectivity index (χ1v) is 5.27. The zero-order valence-corrected chi connectivity index (χ0v) is 9.38. The van der Waals surface area contributed by atoms with Crippen LogP contribution in [0, 0.1) is 0 Å². The van der Waals surface area contributed by atoms with Crippen molar-refractivity contribution in [2.24, 2.45) is 5.73 Å². The van der Waals surface area contributed by atoms with Crippen molar-refractivity contribution in [3.63, 3.8) is 0 Å². The van der Waals surface area contributed by atoms with Crippen molar-refractivity contribution in [2.75, 3.05) is 5.32 Å². The van der Waals surface area contributed by atoms with Gasteiger partial charge in [-0.25, -0.2) is 4.98 Å². The molecule has 0 saturated heterocycles. The normalized spacial score (nSPS) is 12.3. The Kier molecular flexibility index (Phi) is 3.24. The Morgan fingerprint density at radius 3 is 3.00 bits per heavy atom. The number of H-pyrrole nitrogens is 1. The average Bonchev–Trinajstić information content (AvgIpc) is 2.75. The number of carbonyl (C=O) groups excluding carboxylic acids is 1. The maximum Gasteiger partial charge on any atom is 0.321 e. The summed E-state index contributed by atoms with van der Waals surface area (Å²) >= 11 is 0. The van der Waals surface area contributed by atoms with E-state index in [1.165, 1.54) is 0 Å². The average molecular weight is 248 g/mol. The Bertz CT molecular complexity index is 593. The number of imidazole rings is 1. The highest BCUT2D eigenvalue weighted by Gasteiger charge is 2.16. The number of nitrogens with zero attached hydrogens (tertiary/aromatic N) is 1. The van der Waals surface area contributed by atoms with Crippen molar-refractivity contribution in [1.29, 1.82) is 0 Å². The molecule has 0 aliphatic rings. The molecule has 2 aromatic rings. The Hall–Kier alpha value is -2.41. The Balaban J connectivity index is 2.04. The van der Waals surface area contributed by atoms with Crippen molar-refractivity contribution in [3.8, 4) is 0 Å². The fourth-order valence-electron chi connectivity index (χ4n) is 1.51. The van der Waals surface area contributed by atoms with Gasteiger partial charge < -0.3 is 21.1 Å². The van der Waals surface area contributed by atoms with E-state index >= 15 is 0 Å². The molecule has 1 unspecified atom stereocenters. The quantitative estimate of drug-likeness (QED) is 0.620. The third-order valence-electron chi connectivity index (χ3n) is 2.43. The summed E-state index contributed by atoms with van der Waals surface area (Å²) in [4.78, 5) is 29.0. The molecule has 7 nitrogen and oxygen atoms in total. The van der Waals surface area contributed by atoms with E-state index in [4.69, 9.17) is 10.8 Å². The van der Waals surface area contributed by atoms with Crippen LogP contribution in [0.25, 0.3) is 11.0 Å². The van der Waals surface area contributed by atoms with Gasteiger partial charge in [0.1, 0.15) is 6.04 Å². The van der Waals surface area contributed by atoms with Crippen molar-refractivity contribution < 1.29 is 14.7 Å². The third-order valence-corrected chi connectivity index (χ3v) is 2.43. The summed E-state index contributed by atoms with van der Waals surface area (Å²) in [6.45, 7) is 0. The molecule has 94 valence electrons. The van der Waals surface area contributed by atoms with Crippen LogP contribution in [0.15, 0.2) is 24.5 Å². The molecule has 7 heteroatoms. The smallest absolute Gasteiger partial charge is 0.321 e. The second-order valence-electron chi connectivity index (χ2n) is 3.83. The highest BCUT2D eigenvalue weighted by atomic mass is 16.4. The SMILES string of the molecule is NC(CC(=O)Nc1ccc2nc[nH]c2c1)C(=O)O. The van der Waals surface area contributed by atoms with Crippen LogP contribution in [0.4, 0.5) is 5.69 Å². The summed E-state index contributed by atoms with van der Waals surface area (Å²) in [6.07, 6.45) is 1.28. The number of aromatic nitrogens is 2. The number of anilines is 1. The van der Waals surface area contributed by atoms with Gasteiger partial charge in [-0.05, 0) is 18.2 Å². The number of hydrogen-bond acceptors (Lipinski definition) is 4. The van der Waals surface area contributed by atoms with E-state index in [-0.39, 0.29) is 6.42 Å². The van der Waals surface area contributed by atoms with E-state index in [1.807, 2.05) is 0 Å². The number of rotatable bonds is 4. The van der Waals surface area contributed by atoms with Gasteiger partial charge in [0.25, 0.3) is 0 Å². The number of benzene rings is 1. The molecule has 5 N–H and O–H groups in total. The fourth-order valence-corrected chi connectivity index (χ4v) is 1.51. The molecule has 0 spiro atoms. The second kappa shape index (κ2) is 4.84. The third kappa shape index (κ3) is 2.64. The zero-order valence-electron chi connectivity index (χ0n) is 9.38. The van der Waals surface area contributed by atoms with Gasteiger partial charge in [-0.3, -0.25) is 9.59 Å².